The van der Waals surface area contributed by atoms with E-state index in [1.165, 1.54) is 29.6 Å². The van der Waals surface area contributed by atoms with Gasteiger partial charge in [0, 0.05) is 37.0 Å². The van der Waals surface area contributed by atoms with Crippen LogP contribution in [0.3, 0.4) is 0 Å². The molecule has 3 amide bonds. The third-order valence-corrected chi connectivity index (χ3v) is 6.35. The van der Waals surface area contributed by atoms with Gasteiger partial charge in [-0.05, 0) is 30.5 Å². The van der Waals surface area contributed by atoms with E-state index in [9.17, 15) is 29.4 Å². The highest BCUT2D eigenvalue weighted by Gasteiger charge is 2.37. The van der Waals surface area contributed by atoms with Crippen molar-refractivity contribution in [2.24, 2.45) is 5.73 Å². The van der Waals surface area contributed by atoms with Crippen molar-refractivity contribution in [3.05, 3.63) is 48.0 Å². The Labute approximate surface area is 213 Å². The first-order valence-electron chi connectivity index (χ1n) is 11.4. The second-order valence-corrected chi connectivity index (χ2v) is 8.96. The van der Waals surface area contributed by atoms with E-state index in [1.807, 2.05) is 0 Å². The Balaban J connectivity index is 1.74. The monoisotopic (exact) mass is 518 g/mol. The highest BCUT2D eigenvalue weighted by Crippen LogP contribution is 2.19. The van der Waals surface area contributed by atoms with Crippen LogP contribution < -0.4 is 16.4 Å². The van der Waals surface area contributed by atoms with E-state index in [-0.39, 0.29) is 24.3 Å². The van der Waals surface area contributed by atoms with Gasteiger partial charge in [0.1, 0.15) is 23.9 Å². The topological polar surface area (TPSA) is 191 Å². The molecule has 4 unspecified atom stereocenters. The Morgan fingerprint density at radius 2 is 1.89 bits per heavy atom. The normalized spacial score (nSPS) is 17.7. The molecule has 3 rings (SSSR count). The van der Waals surface area contributed by atoms with Crippen molar-refractivity contribution >= 4 is 36.3 Å². The summed E-state index contributed by atoms with van der Waals surface area (Å²) in [5.41, 5.74) is 6.96. The number of nitrogens with zero attached hydrogens (tertiary/aromatic N) is 2. The van der Waals surface area contributed by atoms with Gasteiger partial charge in [-0.2, -0.15) is 12.6 Å². The first-order valence-corrected chi connectivity index (χ1v) is 12.1. The number of carbonyl (C=O) groups is 4. The number of aromatic amines is 1. The van der Waals surface area contributed by atoms with E-state index in [0.29, 0.717) is 30.6 Å². The molecule has 0 spiro atoms. The lowest BCUT2D eigenvalue weighted by molar-refractivity contribution is -0.143. The number of nitrogens with two attached hydrogens (primary N) is 1. The number of amides is 3. The summed E-state index contributed by atoms with van der Waals surface area (Å²) in [6.07, 6.45) is 3.93. The van der Waals surface area contributed by atoms with Crippen molar-refractivity contribution in [3.8, 4) is 5.75 Å². The van der Waals surface area contributed by atoms with Gasteiger partial charge in [0.25, 0.3) is 0 Å². The number of phenols is 1. The molecule has 1 aromatic heterocycles. The molecule has 0 aliphatic carbocycles. The van der Waals surface area contributed by atoms with Gasteiger partial charge in [-0.1, -0.05) is 12.1 Å². The fourth-order valence-corrected chi connectivity index (χ4v) is 4.18. The standard InChI is InChI=1S/C23H30N6O6S/c24-16(11-36)22(33)29-7-1-2-19(29)21(32)27-17(9-14-10-25-12-26-14)20(31)28-18(23(34)35)8-13-3-5-15(30)6-4-13/h3-6,10,12,16-19,30,36H,1-2,7-9,11,24H2,(H,25,26)(H,27,32)(H,28,31)(H,34,35). The highest BCUT2D eigenvalue weighted by molar-refractivity contribution is 7.80. The number of thiol groups is 1. The van der Waals surface area contributed by atoms with Crippen LogP contribution in [0.25, 0.3) is 0 Å². The number of aliphatic carboxylic acids is 1. The number of aromatic nitrogens is 2. The minimum absolute atomic E-state index is 0.0277. The van der Waals surface area contributed by atoms with Crippen LogP contribution in [0.4, 0.5) is 0 Å². The van der Waals surface area contributed by atoms with Crippen LogP contribution >= 0.6 is 12.6 Å². The Morgan fingerprint density at radius 1 is 1.17 bits per heavy atom. The number of carboxylic acid groups (broad SMARTS) is 1. The molecule has 2 aromatic rings. The fourth-order valence-electron chi connectivity index (χ4n) is 4.03. The summed E-state index contributed by atoms with van der Waals surface area (Å²) in [7, 11) is 0. The first-order chi connectivity index (χ1) is 17.2. The minimum Gasteiger partial charge on any atom is -0.508 e. The summed E-state index contributed by atoms with van der Waals surface area (Å²) >= 11 is 4.05. The van der Waals surface area contributed by atoms with Gasteiger partial charge in [-0.15, -0.1) is 0 Å². The summed E-state index contributed by atoms with van der Waals surface area (Å²) in [6, 6.07) is 1.91. The summed E-state index contributed by atoms with van der Waals surface area (Å²) in [5.74, 6) is -2.71. The Bertz CT molecular complexity index is 1060. The van der Waals surface area contributed by atoms with E-state index >= 15 is 0 Å². The molecule has 7 N–H and O–H groups in total. The molecule has 1 aliphatic heterocycles. The molecule has 13 heteroatoms. The maximum Gasteiger partial charge on any atom is 0.326 e. The van der Waals surface area contributed by atoms with Gasteiger partial charge in [0.2, 0.25) is 17.7 Å². The number of aromatic hydroxyl groups is 1. The first kappa shape index (κ1) is 27.0. The second-order valence-electron chi connectivity index (χ2n) is 8.59. The molecular weight excluding hydrogens is 488 g/mol. The Kier molecular flexibility index (Phi) is 9.31. The predicted molar refractivity (Wildman–Crippen MR) is 132 cm³/mol. The van der Waals surface area contributed by atoms with Gasteiger partial charge in [-0.3, -0.25) is 14.4 Å². The predicted octanol–water partition coefficient (Wildman–Crippen LogP) is -0.797. The number of nitrogens with one attached hydrogen (secondary N) is 3. The molecule has 36 heavy (non-hydrogen) atoms. The van der Waals surface area contributed by atoms with Crippen molar-refractivity contribution in [2.75, 3.05) is 12.3 Å². The Morgan fingerprint density at radius 3 is 2.50 bits per heavy atom. The van der Waals surface area contributed by atoms with Gasteiger partial charge >= 0.3 is 5.97 Å². The number of phenolic OH excluding ortho intramolecular Hbond substituents is 1. The number of carbonyl (C=O) groups excluding carboxylic acids is 3. The van der Waals surface area contributed by atoms with Gasteiger partial charge in [0.05, 0.1) is 12.4 Å². The summed E-state index contributed by atoms with van der Waals surface area (Å²) in [5, 5.41) is 24.3. The fraction of sp³-hybridized carbons (Fsp3) is 0.435. The van der Waals surface area contributed by atoms with Gasteiger partial charge < -0.3 is 36.5 Å². The van der Waals surface area contributed by atoms with E-state index in [4.69, 9.17) is 5.73 Å². The molecule has 194 valence electrons. The van der Waals surface area contributed by atoms with Crippen molar-refractivity contribution < 1.29 is 29.4 Å². The third-order valence-electron chi connectivity index (χ3n) is 5.96. The zero-order chi connectivity index (χ0) is 26.2. The summed E-state index contributed by atoms with van der Waals surface area (Å²) in [6.45, 7) is 0.365. The minimum atomic E-state index is -1.28. The molecular formula is C23H30N6O6S. The molecule has 2 heterocycles. The molecule has 0 bridgehead atoms. The van der Waals surface area contributed by atoms with Crippen LogP contribution in [0.15, 0.2) is 36.8 Å². The second kappa shape index (κ2) is 12.4. The highest BCUT2D eigenvalue weighted by atomic mass is 32.1. The largest absolute Gasteiger partial charge is 0.508 e. The lowest BCUT2D eigenvalue weighted by atomic mass is 10.0. The molecule has 1 aliphatic rings. The third kappa shape index (κ3) is 6.98. The van der Waals surface area contributed by atoms with Gasteiger partial charge in [-0.25, -0.2) is 9.78 Å². The number of carboxylic acids is 1. The number of hydrogen-bond acceptors (Lipinski definition) is 8. The van der Waals surface area contributed by atoms with Gasteiger partial charge in [0.15, 0.2) is 0 Å². The maximum atomic E-state index is 13.2. The quantitative estimate of drug-likeness (QED) is 0.188. The average molecular weight is 519 g/mol. The lowest BCUT2D eigenvalue weighted by Crippen LogP contribution is -2.57. The zero-order valence-corrected chi connectivity index (χ0v) is 20.4. The molecule has 0 saturated carbocycles. The zero-order valence-electron chi connectivity index (χ0n) is 19.5. The van der Waals surface area contributed by atoms with E-state index in [2.05, 4.69) is 33.2 Å². The number of hydrogen-bond donors (Lipinski definition) is 7. The number of likely N-dealkylation sites (tertiary alicyclic amines) is 1. The van der Waals surface area contributed by atoms with Crippen LogP contribution in [0, 0.1) is 0 Å². The molecule has 1 aromatic carbocycles. The van der Waals surface area contributed by atoms with E-state index in [0.717, 1.165) is 0 Å². The van der Waals surface area contributed by atoms with Crippen LogP contribution in [-0.2, 0) is 32.0 Å². The molecule has 1 fully saturated rings. The van der Waals surface area contributed by atoms with Crippen LogP contribution in [0.1, 0.15) is 24.1 Å². The van der Waals surface area contributed by atoms with E-state index in [1.54, 1.807) is 12.1 Å². The SMILES string of the molecule is NC(CS)C(=O)N1CCCC1C(=O)NC(Cc1cnc[nH]1)C(=O)NC(Cc1ccc(O)cc1)C(=O)O. The molecule has 0 radical (unpaired) electrons. The average Bonchev–Trinajstić information content (AvgIpc) is 3.55. The lowest BCUT2D eigenvalue weighted by Gasteiger charge is -2.28. The molecule has 12 nitrogen and oxygen atoms in total. The smallest absolute Gasteiger partial charge is 0.326 e. The summed E-state index contributed by atoms with van der Waals surface area (Å²) < 4.78 is 0. The number of H-pyrrole nitrogens is 1. The van der Waals surface area contributed by atoms with Crippen molar-refractivity contribution in [1.29, 1.82) is 0 Å². The molecule has 4 atom stereocenters. The van der Waals surface area contributed by atoms with Crippen molar-refractivity contribution in [1.82, 2.24) is 25.5 Å². The number of imidazole rings is 1. The maximum absolute atomic E-state index is 13.2. The number of rotatable bonds is 11. The van der Waals surface area contributed by atoms with Crippen molar-refractivity contribution in [3.63, 3.8) is 0 Å². The summed E-state index contributed by atoms with van der Waals surface area (Å²) in [4.78, 5) is 58.9. The molecule has 1 saturated heterocycles. The van der Waals surface area contributed by atoms with E-state index < -0.39 is 47.9 Å². The van der Waals surface area contributed by atoms with Crippen molar-refractivity contribution in [2.45, 2.75) is 49.9 Å². The van der Waals surface area contributed by atoms with Crippen LogP contribution in [0.2, 0.25) is 0 Å². The van der Waals surface area contributed by atoms with Crippen LogP contribution in [0.5, 0.6) is 5.75 Å². The Hall–Kier alpha value is -3.58. The number of benzene rings is 1. The van der Waals surface area contributed by atoms with Crippen LogP contribution in [-0.4, -0.2) is 85.2 Å².